The van der Waals surface area contributed by atoms with Crippen LogP contribution in [-0.4, -0.2) is 10.9 Å². The van der Waals surface area contributed by atoms with Gasteiger partial charge in [-0.1, -0.05) is 22.9 Å². The van der Waals surface area contributed by atoms with Crippen LogP contribution < -0.4 is 5.73 Å². The Morgan fingerprint density at radius 1 is 1.89 bits per heavy atom. The Balaban J connectivity index is 2.98. The van der Waals surface area contributed by atoms with E-state index in [9.17, 15) is 4.79 Å². The zero-order valence-electron chi connectivity index (χ0n) is 4.30. The maximum Gasteiger partial charge on any atom is 0.277 e. The highest BCUT2D eigenvalue weighted by Gasteiger charge is 2.03. The molecule has 48 valence electrons. The van der Waals surface area contributed by atoms with Crippen molar-refractivity contribution in [2.45, 2.75) is 0 Å². The molecule has 0 aliphatic carbocycles. The first-order chi connectivity index (χ1) is 4.20. The SMILES string of the molecule is NC(=O)c1ncc(Cl)s1. The largest absolute Gasteiger partial charge is 0.364 e. The zero-order valence-corrected chi connectivity index (χ0v) is 5.87. The van der Waals surface area contributed by atoms with E-state index in [-0.39, 0.29) is 5.01 Å². The van der Waals surface area contributed by atoms with Crippen molar-refractivity contribution in [1.82, 2.24) is 4.98 Å². The molecule has 0 radical (unpaired) electrons. The number of aromatic nitrogens is 1. The van der Waals surface area contributed by atoms with Crippen LogP contribution in [0, 0.1) is 0 Å². The van der Waals surface area contributed by atoms with Gasteiger partial charge < -0.3 is 5.73 Å². The van der Waals surface area contributed by atoms with E-state index in [1.807, 2.05) is 0 Å². The fourth-order valence-electron chi connectivity index (χ4n) is 0.368. The molecule has 0 atom stereocenters. The van der Waals surface area contributed by atoms with Crippen LogP contribution >= 0.6 is 22.9 Å². The monoisotopic (exact) mass is 162 g/mol. The van der Waals surface area contributed by atoms with Crippen LogP contribution in [0.3, 0.4) is 0 Å². The summed E-state index contributed by atoms with van der Waals surface area (Å²) in [6.45, 7) is 0. The lowest BCUT2D eigenvalue weighted by atomic mass is 10.7. The van der Waals surface area contributed by atoms with Crippen LogP contribution in [0.2, 0.25) is 4.34 Å². The average molecular weight is 163 g/mol. The minimum atomic E-state index is -0.535. The summed E-state index contributed by atoms with van der Waals surface area (Å²) < 4.78 is 0.476. The van der Waals surface area contributed by atoms with Gasteiger partial charge in [-0.3, -0.25) is 4.79 Å². The standard InChI is InChI=1S/C4H3ClN2OS/c5-2-1-7-4(9-2)3(6)8/h1H,(H2,6,8). The summed E-state index contributed by atoms with van der Waals surface area (Å²) in [6, 6.07) is 0. The first-order valence-electron chi connectivity index (χ1n) is 2.11. The number of halogens is 1. The van der Waals surface area contributed by atoms with E-state index in [4.69, 9.17) is 17.3 Å². The summed E-state index contributed by atoms with van der Waals surface area (Å²) in [5, 5.41) is 0.250. The fourth-order valence-corrected chi connectivity index (χ4v) is 1.13. The molecule has 1 aromatic heterocycles. The van der Waals surface area contributed by atoms with Gasteiger partial charge >= 0.3 is 0 Å². The summed E-state index contributed by atoms with van der Waals surface area (Å²) in [5.41, 5.74) is 4.88. The third-order valence-corrected chi connectivity index (χ3v) is 1.82. The maximum atomic E-state index is 10.3. The number of hydrogen-bond acceptors (Lipinski definition) is 3. The molecule has 0 aliphatic heterocycles. The van der Waals surface area contributed by atoms with Gasteiger partial charge in [0.2, 0.25) is 0 Å². The number of carbonyl (C=O) groups excluding carboxylic acids is 1. The zero-order chi connectivity index (χ0) is 6.85. The van der Waals surface area contributed by atoms with Crippen LogP contribution in [0.5, 0.6) is 0 Å². The molecule has 5 heteroatoms. The summed E-state index contributed by atoms with van der Waals surface area (Å²) in [5.74, 6) is -0.535. The molecule has 1 amide bonds. The minimum absolute atomic E-state index is 0.250. The van der Waals surface area contributed by atoms with Crippen LogP contribution in [0.15, 0.2) is 6.20 Å². The highest BCUT2D eigenvalue weighted by Crippen LogP contribution is 2.16. The third-order valence-electron chi connectivity index (χ3n) is 0.688. The Morgan fingerprint density at radius 2 is 2.56 bits per heavy atom. The average Bonchev–Trinajstić information content (AvgIpc) is 2.14. The molecule has 0 saturated carbocycles. The lowest BCUT2D eigenvalue weighted by molar-refractivity contribution is 0.1000. The molecule has 0 unspecified atom stereocenters. The van der Waals surface area contributed by atoms with Crippen LogP contribution in [0.4, 0.5) is 0 Å². The number of carbonyl (C=O) groups is 1. The molecule has 1 rings (SSSR count). The van der Waals surface area contributed by atoms with Crippen molar-refractivity contribution in [1.29, 1.82) is 0 Å². The van der Waals surface area contributed by atoms with Crippen molar-refractivity contribution in [2.24, 2.45) is 5.73 Å². The Kier molecular flexibility index (Phi) is 1.68. The molecule has 1 aromatic rings. The van der Waals surface area contributed by atoms with Gasteiger partial charge in [0.15, 0.2) is 5.01 Å². The Bertz CT molecular complexity index is 234. The molecular formula is C4H3ClN2OS. The van der Waals surface area contributed by atoms with E-state index < -0.39 is 5.91 Å². The molecule has 0 bridgehead atoms. The highest BCUT2D eigenvalue weighted by molar-refractivity contribution is 7.17. The number of amides is 1. The van der Waals surface area contributed by atoms with Crippen molar-refractivity contribution >= 4 is 28.8 Å². The van der Waals surface area contributed by atoms with E-state index in [0.717, 1.165) is 11.3 Å². The molecule has 1 heterocycles. The fraction of sp³-hybridized carbons (Fsp3) is 0. The number of rotatable bonds is 1. The second kappa shape index (κ2) is 2.33. The van der Waals surface area contributed by atoms with Crippen molar-refractivity contribution in [2.75, 3.05) is 0 Å². The predicted molar refractivity (Wildman–Crippen MR) is 35.6 cm³/mol. The third kappa shape index (κ3) is 1.40. The minimum Gasteiger partial charge on any atom is -0.364 e. The first kappa shape index (κ1) is 6.51. The predicted octanol–water partition coefficient (Wildman–Crippen LogP) is 0.895. The Morgan fingerprint density at radius 3 is 2.78 bits per heavy atom. The Labute approximate surface area is 60.5 Å². The van der Waals surface area contributed by atoms with E-state index in [2.05, 4.69) is 4.98 Å². The quantitative estimate of drug-likeness (QED) is 0.667. The van der Waals surface area contributed by atoms with E-state index >= 15 is 0 Å². The van der Waals surface area contributed by atoms with Gasteiger partial charge in [-0.05, 0) is 0 Å². The van der Waals surface area contributed by atoms with Gasteiger partial charge in [0, 0.05) is 0 Å². The first-order valence-corrected chi connectivity index (χ1v) is 3.30. The van der Waals surface area contributed by atoms with Crippen LogP contribution in [0.25, 0.3) is 0 Å². The lowest BCUT2D eigenvalue weighted by Crippen LogP contribution is -2.09. The second-order valence-electron chi connectivity index (χ2n) is 1.33. The molecule has 3 nitrogen and oxygen atoms in total. The van der Waals surface area contributed by atoms with Gasteiger partial charge in [0.05, 0.1) is 6.20 Å². The molecule has 0 fully saturated rings. The van der Waals surface area contributed by atoms with Crippen molar-refractivity contribution < 1.29 is 4.79 Å². The van der Waals surface area contributed by atoms with E-state index in [0.29, 0.717) is 4.34 Å². The van der Waals surface area contributed by atoms with Crippen molar-refractivity contribution in [3.05, 3.63) is 15.5 Å². The number of thiazole rings is 1. The van der Waals surface area contributed by atoms with Crippen LogP contribution in [-0.2, 0) is 0 Å². The summed E-state index contributed by atoms with van der Waals surface area (Å²) >= 11 is 6.53. The van der Waals surface area contributed by atoms with E-state index in [1.165, 1.54) is 6.20 Å². The van der Waals surface area contributed by atoms with Crippen molar-refractivity contribution in [3.8, 4) is 0 Å². The molecule has 0 spiro atoms. The summed E-state index contributed by atoms with van der Waals surface area (Å²) in [7, 11) is 0. The molecule has 0 aliphatic rings. The second-order valence-corrected chi connectivity index (χ2v) is 3.00. The summed E-state index contributed by atoms with van der Waals surface area (Å²) in [4.78, 5) is 14.0. The number of primary amides is 1. The number of hydrogen-bond donors (Lipinski definition) is 1. The maximum absolute atomic E-state index is 10.3. The van der Waals surface area contributed by atoms with Gasteiger partial charge in [0.1, 0.15) is 4.34 Å². The van der Waals surface area contributed by atoms with Gasteiger partial charge in [0.25, 0.3) is 5.91 Å². The number of nitrogens with zero attached hydrogens (tertiary/aromatic N) is 1. The highest BCUT2D eigenvalue weighted by atomic mass is 35.5. The summed E-state index contributed by atoms with van der Waals surface area (Å²) in [6.07, 6.45) is 1.40. The molecule has 0 saturated heterocycles. The number of nitrogens with two attached hydrogens (primary N) is 1. The molecule has 2 N–H and O–H groups in total. The van der Waals surface area contributed by atoms with Gasteiger partial charge in [-0.25, -0.2) is 4.98 Å². The topological polar surface area (TPSA) is 56.0 Å². The molecule has 9 heavy (non-hydrogen) atoms. The Hall–Kier alpha value is -0.610. The van der Waals surface area contributed by atoms with Gasteiger partial charge in [-0.2, -0.15) is 0 Å². The van der Waals surface area contributed by atoms with Gasteiger partial charge in [-0.15, -0.1) is 0 Å². The smallest absolute Gasteiger partial charge is 0.277 e. The molecular weight excluding hydrogens is 160 g/mol. The lowest BCUT2D eigenvalue weighted by Gasteiger charge is -1.79. The van der Waals surface area contributed by atoms with Crippen molar-refractivity contribution in [3.63, 3.8) is 0 Å². The molecule has 0 aromatic carbocycles. The van der Waals surface area contributed by atoms with Crippen LogP contribution in [0.1, 0.15) is 9.80 Å². The van der Waals surface area contributed by atoms with E-state index in [1.54, 1.807) is 0 Å². The normalized spacial score (nSPS) is 9.44.